The Morgan fingerprint density at radius 2 is 2.07 bits per heavy atom. The Bertz CT molecular complexity index is 795. The number of hydrogen-bond donors (Lipinski definition) is 1. The van der Waals surface area contributed by atoms with Crippen LogP contribution in [0.5, 0.6) is 11.5 Å². The summed E-state index contributed by atoms with van der Waals surface area (Å²) in [5.74, 6) is -0.297. The smallest absolute Gasteiger partial charge is 0.331 e. The van der Waals surface area contributed by atoms with E-state index in [9.17, 15) is 14.9 Å². The zero-order valence-electron chi connectivity index (χ0n) is 15.9. The summed E-state index contributed by atoms with van der Waals surface area (Å²) in [6, 6.07) is 5.45. The van der Waals surface area contributed by atoms with Crippen LogP contribution < -0.4 is 14.8 Å². The molecule has 8 heteroatoms. The first-order chi connectivity index (χ1) is 13.4. The quantitative estimate of drug-likeness (QED) is 0.525. The van der Waals surface area contributed by atoms with Crippen LogP contribution in [0, 0.1) is 11.3 Å². The molecule has 0 unspecified atom stereocenters. The zero-order chi connectivity index (χ0) is 20.6. The van der Waals surface area contributed by atoms with Crippen LogP contribution >= 0.6 is 11.6 Å². The van der Waals surface area contributed by atoms with Crippen molar-refractivity contribution in [3.8, 4) is 17.6 Å². The summed E-state index contributed by atoms with van der Waals surface area (Å²) >= 11 is 6.18. The molecule has 0 bridgehead atoms. The van der Waals surface area contributed by atoms with Crippen molar-refractivity contribution in [3.63, 3.8) is 0 Å². The van der Waals surface area contributed by atoms with Gasteiger partial charge in [0, 0.05) is 6.08 Å². The van der Waals surface area contributed by atoms with E-state index in [1.807, 2.05) is 6.92 Å². The Labute approximate surface area is 169 Å². The van der Waals surface area contributed by atoms with Gasteiger partial charge < -0.3 is 19.5 Å². The molecule has 1 N–H and O–H groups in total. The number of benzene rings is 1. The summed E-state index contributed by atoms with van der Waals surface area (Å²) in [4.78, 5) is 23.8. The van der Waals surface area contributed by atoms with Crippen molar-refractivity contribution in [3.05, 3.63) is 28.8 Å². The van der Waals surface area contributed by atoms with Crippen molar-refractivity contribution in [2.75, 3.05) is 20.3 Å². The number of rotatable bonds is 8. The molecule has 0 spiro atoms. The van der Waals surface area contributed by atoms with Crippen molar-refractivity contribution in [2.24, 2.45) is 0 Å². The molecule has 0 aromatic heterocycles. The SMILES string of the molecule is CCOc1c(Cl)cc(/C=C/C(=O)OCC(=O)NC2(C#N)CCCC2)cc1OC. The van der Waals surface area contributed by atoms with Gasteiger partial charge in [0.25, 0.3) is 5.91 Å². The highest BCUT2D eigenvalue weighted by atomic mass is 35.5. The van der Waals surface area contributed by atoms with Crippen molar-refractivity contribution in [1.29, 1.82) is 5.26 Å². The fourth-order valence-corrected chi connectivity index (χ4v) is 3.29. The van der Waals surface area contributed by atoms with Gasteiger partial charge in [-0.25, -0.2) is 4.79 Å². The molecule has 0 heterocycles. The molecule has 1 saturated carbocycles. The third-order valence-electron chi connectivity index (χ3n) is 4.35. The Hall–Kier alpha value is -2.72. The molecule has 0 aliphatic heterocycles. The van der Waals surface area contributed by atoms with E-state index in [-0.39, 0.29) is 0 Å². The fraction of sp³-hybridized carbons (Fsp3) is 0.450. The normalized spacial score (nSPS) is 15.1. The second-order valence-electron chi connectivity index (χ2n) is 6.36. The minimum absolute atomic E-state index is 0.354. The fourth-order valence-electron chi connectivity index (χ4n) is 3.02. The Kier molecular flexibility index (Phi) is 7.70. The molecule has 1 amide bonds. The van der Waals surface area contributed by atoms with Crippen LogP contribution in [0.3, 0.4) is 0 Å². The van der Waals surface area contributed by atoms with E-state index < -0.39 is 24.0 Å². The topological polar surface area (TPSA) is 97.6 Å². The summed E-state index contributed by atoms with van der Waals surface area (Å²) < 4.78 is 15.6. The first-order valence-corrected chi connectivity index (χ1v) is 9.38. The average Bonchev–Trinajstić information content (AvgIpc) is 3.15. The molecule has 28 heavy (non-hydrogen) atoms. The minimum atomic E-state index is -0.838. The van der Waals surface area contributed by atoms with E-state index in [2.05, 4.69) is 11.4 Å². The maximum atomic E-state index is 12.0. The number of halogens is 1. The summed E-state index contributed by atoms with van der Waals surface area (Å²) in [5.41, 5.74) is -0.226. The highest BCUT2D eigenvalue weighted by molar-refractivity contribution is 6.32. The van der Waals surface area contributed by atoms with E-state index in [0.717, 1.165) is 12.8 Å². The van der Waals surface area contributed by atoms with E-state index in [1.165, 1.54) is 19.3 Å². The Morgan fingerprint density at radius 1 is 1.36 bits per heavy atom. The van der Waals surface area contributed by atoms with Gasteiger partial charge in [-0.1, -0.05) is 11.6 Å². The highest BCUT2D eigenvalue weighted by Crippen LogP contribution is 2.36. The van der Waals surface area contributed by atoms with Gasteiger partial charge >= 0.3 is 5.97 Å². The molecule has 0 saturated heterocycles. The number of ether oxygens (including phenoxy) is 3. The molecule has 1 fully saturated rings. The van der Waals surface area contributed by atoms with Gasteiger partial charge in [-0.05, 0) is 56.4 Å². The molecule has 1 aliphatic rings. The van der Waals surface area contributed by atoms with Gasteiger partial charge in [0.2, 0.25) is 0 Å². The number of methoxy groups -OCH3 is 1. The number of amides is 1. The summed E-state index contributed by atoms with van der Waals surface area (Å²) in [6.45, 7) is 1.83. The summed E-state index contributed by atoms with van der Waals surface area (Å²) in [6.07, 6.45) is 5.70. The highest BCUT2D eigenvalue weighted by Gasteiger charge is 2.35. The summed E-state index contributed by atoms with van der Waals surface area (Å²) in [5, 5.41) is 12.3. The lowest BCUT2D eigenvalue weighted by Gasteiger charge is -2.21. The number of nitrogens with one attached hydrogen (secondary N) is 1. The number of carbonyl (C=O) groups is 2. The van der Waals surface area contributed by atoms with E-state index in [1.54, 1.807) is 12.1 Å². The second kappa shape index (κ2) is 10.00. The predicted octanol–water partition coefficient (Wildman–Crippen LogP) is 3.26. The van der Waals surface area contributed by atoms with Crippen molar-refractivity contribution in [1.82, 2.24) is 5.32 Å². The van der Waals surface area contributed by atoms with Crippen molar-refractivity contribution in [2.45, 2.75) is 38.1 Å². The van der Waals surface area contributed by atoms with Gasteiger partial charge in [-0.15, -0.1) is 0 Å². The molecule has 150 valence electrons. The molecule has 0 atom stereocenters. The third kappa shape index (κ3) is 5.64. The van der Waals surface area contributed by atoms with E-state index in [4.69, 9.17) is 25.8 Å². The van der Waals surface area contributed by atoms with Gasteiger partial charge in [0.15, 0.2) is 18.1 Å². The molecule has 1 aromatic rings. The van der Waals surface area contributed by atoms with Crippen LogP contribution in [0.2, 0.25) is 5.02 Å². The Balaban J connectivity index is 1.92. The molecule has 2 rings (SSSR count). The number of nitriles is 1. The molecule has 0 radical (unpaired) electrons. The lowest BCUT2D eigenvalue weighted by Crippen LogP contribution is -2.46. The van der Waals surface area contributed by atoms with Crippen LogP contribution in [0.4, 0.5) is 0 Å². The monoisotopic (exact) mass is 406 g/mol. The number of carbonyl (C=O) groups excluding carboxylic acids is 2. The van der Waals surface area contributed by atoms with Crippen LogP contribution in [0.1, 0.15) is 38.2 Å². The molecular formula is C20H23ClN2O5. The van der Waals surface area contributed by atoms with Gasteiger partial charge in [-0.2, -0.15) is 5.26 Å². The van der Waals surface area contributed by atoms with Crippen molar-refractivity contribution < 1.29 is 23.8 Å². The van der Waals surface area contributed by atoms with Crippen LogP contribution in [-0.2, 0) is 14.3 Å². The van der Waals surface area contributed by atoms with Crippen molar-refractivity contribution >= 4 is 29.6 Å². The average molecular weight is 407 g/mol. The molecule has 1 aromatic carbocycles. The van der Waals surface area contributed by atoms with Crippen LogP contribution in [-0.4, -0.2) is 37.7 Å². The molecule has 1 aliphatic carbocycles. The van der Waals surface area contributed by atoms with E-state index >= 15 is 0 Å². The first-order valence-electron chi connectivity index (χ1n) is 9.00. The van der Waals surface area contributed by atoms with Gasteiger partial charge in [-0.3, -0.25) is 4.79 Å². The maximum absolute atomic E-state index is 12.0. The number of esters is 1. The standard InChI is InChI=1S/C20H23ClN2O5/c1-3-27-19-15(21)10-14(11-16(19)26-2)6-7-18(25)28-12-17(24)23-20(13-22)8-4-5-9-20/h6-7,10-11H,3-5,8-9,12H2,1-2H3,(H,23,24)/b7-6+. The minimum Gasteiger partial charge on any atom is -0.493 e. The maximum Gasteiger partial charge on any atom is 0.331 e. The molecule has 7 nitrogen and oxygen atoms in total. The van der Waals surface area contributed by atoms with Crippen LogP contribution in [0.25, 0.3) is 6.08 Å². The lowest BCUT2D eigenvalue weighted by atomic mass is 10.00. The first kappa shape index (κ1) is 21.6. The summed E-state index contributed by atoms with van der Waals surface area (Å²) in [7, 11) is 1.49. The van der Waals surface area contributed by atoms with Gasteiger partial charge in [0.1, 0.15) is 5.54 Å². The van der Waals surface area contributed by atoms with Crippen LogP contribution in [0.15, 0.2) is 18.2 Å². The lowest BCUT2D eigenvalue weighted by molar-refractivity contribution is -0.144. The second-order valence-corrected chi connectivity index (χ2v) is 6.76. The zero-order valence-corrected chi connectivity index (χ0v) is 16.7. The predicted molar refractivity (Wildman–Crippen MR) is 104 cm³/mol. The van der Waals surface area contributed by atoms with Gasteiger partial charge in [0.05, 0.1) is 24.8 Å². The molecular weight excluding hydrogens is 384 g/mol. The number of hydrogen-bond acceptors (Lipinski definition) is 6. The van der Waals surface area contributed by atoms with E-state index in [0.29, 0.717) is 41.5 Å². The number of nitrogens with zero attached hydrogens (tertiary/aromatic N) is 1. The Morgan fingerprint density at radius 3 is 2.68 bits per heavy atom. The third-order valence-corrected chi connectivity index (χ3v) is 4.63. The largest absolute Gasteiger partial charge is 0.493 e.